The maximum atomic E-state index is 11.7. The summed E-state index contributed by atoms with van der Waals surface area (Å²) in [5, 5.41) is 0. The number of likely N-dealkylation sites (N-methyl/N-ethyl adjacent to an activating group) is 1. The lowest BCUT2D eigenvalue weighted by atomic mass is 10.1. The van der Waals surface area contributed by atoms with Gasteiger partial charge in [0.2, 0.25) is 0 Å². The third kappa shape index (κ3) is 4.08. The molecule has 0 spiro atoms. The Hall–Kier alpha value is -0.0400. The first-order chi connectivity index (χ1) is 7.33. The second kappa shape index (κ2) is 5.53. The Balaban J connectivity index is 2.28. The van der Waals surface area contributed by atoms with Gasteiger partial charge in [-0.2, -0.15) is 0 Å². The van der Waals surface area contributed by atoms with Gasteiger partial charge in [-0.1, -0.05) is 22.6 Å². The molecule has 1 heterocycles. The number of rotatable bonds is 3. The van der Waals surface area contributed by atoms with Gasteiger partial charge in [0, 0.05) is 30.1 Å². The number of amides is 1. The van der Waals surface area contributed by atoms with Gasteiger partial charge in [0.1, 0.15) is 5.60 Å². The average Bonchev–Trinajstić information content (AvgIpc) is 1.97. The topological polar surface area (TPSA) is 32.8 Å². The molecule has 0 aromatic heterocycles. The van der Waals surface area contributed by atoms with Crippen molar-refractivity contribution in [2.24, 2.45) is 0 Å². The van der Waals surface area contributed by atoms with Gasteiger partial charge in [0.25, 0.3) is 0 Å². The first kappa shape index (κ1) is 14.0. The molecule has 16 heavy (non-hydrogen) atoms. The van der Waals surface area contributed by atoms with Crippen molar-refractivity contribution < 1.29 is 9.53 Å². The van der Waals surface area contributed by atoms with Gasteiger partial charge in [-0.05, 0) is 27.8 Å². The smallest absolute Gasteiger partial charge is 0.410 e. The Morgan fingerprint density at radius 3 is 2.50 bits per heavy atom. The van der Waals surface area contributed by atoms with Crippen molar-refractivity contribution in [1.29, 1.82) is 0 Å². The number of carbonyl (C=O) groups is 1. The third-order valence-corrected chi connectivity index (χ3v) is 3.06. The highest BCUT2D eigenvalue weighted by molar-refractivity contribution is 14.1. The molecular weight excluding hydrogens is 319 g/mol. The molecule has 0 unspecified atom stereocenters. The lowest BCUT2D eigenvalue weighted by molar-refractivity contribution is -0.00975. The van der Waals surface area contributed by atoms with Gasteiger partial charge in [0.05, 0.1) is 0 Å². The lowest BCUT2D eigenvalue weighted by Gasteiger charge is -2.43. The second-order valence-electron chi connectivity index (χ2n) is 5.21. The monoisotopic (exact) mass is 340 g/mol. The van der Waals surface area contributed by atoms with E-state index < -0.39 is 5.60 Å². The summed E-state index contributed by atoms with van der Waals surface area (Å²) in [6, 6.07) is 0.502. The van der Waals surface area contributed by atoms with E-state index in [9.17, 15) is 4.79 Å². The molecule has 0 aromatic rings. The molecule has 0 aromatic carbocycles. The molecule has 1 rings (SSSR count). The van der Waals surface area contributed by atoms with Crippen LogP contribution in [0.5, 0.6) is 0 Å². The van der Waals surface area contributed by atoms with E-state index in [2.05, 4.69) is 34.5 Å². The molecule has 1 fully saturated rings. The average molecular weight is 340 g/mol. The maximum absolute atomic E-state index is 11.7. The Bertz CT molecular complexity index is 247. The fourth-order valence-electron chi connectivity index (χ4n) is 1.53. The van der Waals surface area contributed by atoms with Gasteiger partial charge in [-0.3, -0.25) is 4.90 Å². The van der Waals surface area contributed by atoms with Gasteiger partial charge < -0.3 is 9.64 Å². The molecule has 0 N–H and O–H groups in total. The molecule has 1 aliphatic rings. The molecule has 0 saturated carbocycles. The Kier molecular flexibility index (Phi) is 4.85. The molecule has 1 aliphatic heterocycles. The summed E-state index contributed by atoms with van der Waals surface area (Å²) in [4.78, 5) is 15.7. The maximum Gasteiger partial charge on any atom is 0.410 e. The van der Waals surface area contributed by atoms with E-state index in [1.807, 2.05) is 20.8 Å². The van der Waals surface area contributed by atoms with Crippen molar-refractivity contribution in [3.8, 4) is 0 Å². The fraction of sp³-hybridized carbons (Fsp3) is 0.909. The van der Waals surface area contributed by atoms with Crippen LogP contribution in [0.2, 0.25) is 0 Å². The van der Waals surface area contributed by atoms with E-state index in [1.165, 1.54) is 0 Å². The van der Waals surface area contributed by atoms with Crippen LogP contribution in [0.4, 0.5) is 4.79 Å². The minimum Gasteiger partial charge on any atom is -0.444 e. The van der Waals surface area contributed by atoms with E-state index in [4.69, 9.17) is 4.74 Å². The zero-order chi connectivity index (χ0) is 12.3. The quantitative estimate of drug-likeness (QED) is 0.582. The molecule has 0 aliphatic carbocycles. The molecular formula is C11H21IN2O2. The highest BCUT2D eigenvalue weighted by Gasteiger charge is 2.35. The molecule has 94 valence electrons. The summed E-state index contributed by atoms with van der Waals surface area (Å²) >= 11 is 2.37. The second-order valence-corrected chi connectivity index (χ2v) is 6.29. The largest absolute Gasteiger partial charge is 0.444 e. The summed E-state index contributed by atoms with van der Waals surface area (Å²) in [5.74, 6) is 0. The van der Waals surface area contributed by atoms with E-state index in [-0.39, 0.29) is 6.09 Å². The van der Waals surface area contributed by atoms with Gasteiger partial charge in [-0.15, -0.1) is 0 Å². The number of ether oxygens (including phenoxy) is 1. The zero-order valence-corrected chi connectivity index (χ0v) is 12.7. The minimum atomic E-state index is -0.393. The Morgan fingerprint density at radius 2 is 2.06 bits per heavy atom. The predicted octanol–water partition coefficient (Wildman–Crippen LogP) is 1.97. The van der Waals surface area contributed by atoms with Gasteiger partial charge in [-0.25, -0.2) is 4.79 Å². The summed E-state index contributed by atoms with van der Waals surface area (Å²) in [6.07, 6.45) is -0.188. The fourth-order valence-corrected chi connectivity index (χ4v) is 2.29. The highest BCUT2D eigenvalue weighted by atomic mass is 127. The van der Waals surface area contributed by atoms with Gasteiger partial charge >= 0.3 is 6.09 Å². The number of alkyl halides is 1. The normalized spacial score (nSPS) is 17.5. The number of halogens is 1. The van der Waals surface area contributed by atoms with Crippen molar-refractivity contribution >= 4 is 28.7 Å². The van der Waals surface area contributed by atoms with Crippen molar-refractivity contribution in [2.45, 2.75) is 32.4 Å². The van der Waals surface area contributed by atoms with Crippen LogP contribution in [0.1, 0.15) is 20.8 Å². The number of hydrogen-bond donors (Lipinski definition) is 0. The van der Waals surface area contributed by atoms with Crippen LogP contribution in [0.3, 0.4) is 0 Å². The minimum absolute atomic E-state index is 0.188. The summed E-state index contributed by atoms with van der Waals surface area (Å²) in [5.41, 5.74) is -0.393. The lowest BCUT2D eigenvalue weighted by Crippen LogP contribution is -2.61. The summed E-state index contributed by atoms with van der Waals surface area (Å²) in [6.45, 7) is 8.34. The Labute approximate surface area is 111 Å². The molecule has 4 nitrogen and oxygen atoms in total. The molecule has 0 bridgehead atoms. The first-order valence-corrected chi connectivity index (χ1v) is 7.10. The van der Waals surface area contributed by atoms with E-state index in [0.717, 1.165) is 24.1 Å². The van der Waals surface area contributed by atoms with Crippen LogP contribution < -0.4 is 0 Å². The summed E-state index contributed by atoms with van der Waals surface area (Å²) in [7, 11) is 2.11. The van der Waals surface area contributed by atoms with E-state index >= 15 is 0 Å². The van der Waals surface area contributed by atoms with Crippen LogP contribution in [0, 0.1) is 0 Å². The summed E-state index contributed by atoms with van der Waals surface area (Å²) < 4.78 is 6.42. The van der Waals surface area contributed by atoms with E-state index in [1.54, 1.807) is 4.90 Å². The first-order valence-electron chi connectivity index (χ1n) is 5.57. The van der Waals surface area contributed by atoms with Crippen LogP contribution in [0.15, 0.2) is 0 Å². The highest BCUT2D eigenvalue weighted by Crippen LogP contribution is 2.18. The molecule has 0 radical (unpaired) electrons. The number of hydrogen-bond acceptors (Lipinski definition) is 3. The molecule has 0 atom stereocenters. The molecule has 5 heteroatoms. The van der Waals surface area contributed by atoms with Crippen LogP contribution in [0.25, 0.3) is 0 Å². The number of carbonyl (C=O) groups excluding carboxylic acids is 1. The molecule has 1 amide bonds. The van der Waals surface area contributed by atoms with E-state index in [0.29, 0.717) is 6.04 Å². The van der Waals surface area contributed by atoms with Crippen molar-refractivity contribution in [3.63, 3.8) is 0 Å². The van der Waals surface area contributed by atoms with Crippen LogP contribution >= 0.6 is 22.6 Å². The van der Waals surface area contributed by atoms with Crippen molar-refractivity contribution in [2.75, 3.05) is 31.1 Å². The number of nitrogens with zero attached hydrogens (tertiary/aromatic N) is 2. The van der Waals surface area contributed by atoms with Crippen molar-refractivity contribution in [1.82, 2.24) is 9.80 Å². The zero-order valence-electron chi connectivity index (χ0n) is 10.5. The Morgan fingerprint density at radius 1 is 1.50 bits per heavy atom. The predicted molar refractivity (Wildman–Crippen MR) is 73.1 cm³/mol. The van der Waals surface area contributed by atoms with Crippen LogP contribution in [-0.4, -0.2) is 58.6 Å². The number of likely N-dealkylation sites (tertiary alicyclic amines) is 1. The SMILES string of the molecule is CN(CCI)C1CN(C(=O)OC(C)(C)C)C1. The van der Waals surface area contributed by atoms with Crippen molar-refractivity contribution in [3.05, 3.63) is 0 Å². The van der Waals surface area contributed by atoms with Gasteiger partial charge in [0.15, 0.2) is 0 Å². The third-order valence-electron chi connectivity index (χ3n) is 2.57. The molecule has 1 saturated heterocycles. The standard InChI is InChI=1S/C11H21IN2O2/c1-11(2,3)16-10(15)14-7-9(8-14)13(4)6-5-12/h9H,5-8H2,1-4H3. The van der Waals surface area contributed by atoms with Crippen LogP contribution in [-0.2, 0) is 4.74 Å².